The molecule has 0 fully saturated rings. The van der Waals surface area contributed by atoms with E-state index in [-0.39, 0.29) is 0 Å². The quantitative estimate of drug-likeness (QED) is 0.618. The van der Waals surface area contributed by atoms with Gasteiger partial charge in [0.2, 0.25) is 0 Å². The van der Waals surface area contributed by atoms with Crippen LogP contribution in [0.15, 0.2) is 37.1 Å². The van der Waals surface area contributed by atoms with E-state index in [0.717, 1.165) is 9.54 Å². The molecule has 0 amide bonds. The third-order valence-electron chi connectivity index (χ3n) is 3.49. The maximum atomic E-state index is 5.48. The van der Waals surface area contributed by atoms with Gasteiger partial charge in [-0.1, -0.05) is 0 Å². The van der Waals surface area contributed by atoms with Crippen LogP contribution < -0.4 is 5.10 Å². The molecule has 1 radical (unpaired) electrons. The lowest BCUT2D eigenvalue weighted by atomic mass is 9.92. The number of aromatic nitrogens is 4. The first-order valence-electron chi connectivity index (χ1n) is 6.23. The van der Waals surface area contributed by atoms with Crippen molar-refractivity contribution in [2.45, 2.75) is 0 Å². The van der Waals surface area contributed by atoms with E-state index in [1.165, 1.54) is 0 Å². The number of hydrazone groups is 1. The minimum atomic E-state index is -1.24. The summed E-state index contributed by atoms with van der Waals surface area (Å²) in [5.41, 5.74) is 0. The number of hydrogen-bond donors (Lipinski definition) is 0. The highest BCUT2D eigenvalue weighted by atomic mass is 32.1. The van der Waals surface area contributed by atoms with E-state index in [2.05, 4.69) is 5.10 Å². The summed E-state index contributed by atoms with van der Waals surface area (Å²) in [6.07, 6.45) is 13.4. The Morgan fingerprint density at radius 2 is 1.50 bits per heavy atom. The standard InChI is InChI=1S/C11H14BN6S2/c1-14-6-8-16(10(14)19)12(18-5-3-4-13-18)17-9-7-15(2)11(17)20/h3-9,12H,1-2H3. The lowest BCUT2D eigenvalue weighted by Crippen LogP contribution is -2.48. The average molecular weight is 305 g/mol. The molecular formula is C11H14BN6S2. The van der Waals surface area contributed by atoms with Crippen molar-refractivity contribution in [1.82, 2.24) is 28.1 Å². The smallest absolute Gasteiger partial charge is 0.347 e. The molecule has 0 unspecified atom stereocenters. The Morgan fingerprint density at radius 3 is 1.85 bits per heavy atom. The molecule has 0 saturated heterocycles. The van der Waals surface area contributed by atoms with Crippen LogP contribution in [-0.4, -0.2) is 36.3 Å². The van der Waals surface area contributed by atoms with Gasteiger partial charge in [-0.3, -0.25) is 0 Å². The van der Waals surface area contributed by atoms with Crippen LogP contribution in [0.5, 0.6) is 0 Å². The Kier molecular flexibility index (Phi) is 3.23. The molecule has 103 valence electrons. The summed E-state index contributed by atoms with van der Waals surface area (Å²) < 4.78 is 9.38. The normalized spacial score (nSPS) is 13.8. The zero-order chi connectivity index (χ0) is 14.3. The Labute approximate surface area is 127 Å². The largest absolute Gasteiger partial charge is 0.460 e. The number of allylic oxidation sites excluding steroid dienone is 1. The fourth-order valence-corrected chi connectivity index (χ4v) is 2.87. The molecular weight excluding hydrogens is 291 g/mol. The van der Waals surface area contributed by atoms with Crippen molar-refractivity contribution in [3.8, 4) is 0 Å². The monoisotopic (exact) mass is 305 g/mol. The highest BCUT2D eigenvalue weighted by molar-refractivity contribution is 7.71. The first-order chi connectivity index (χ1) is 9.59. The molecule has 0 aliphatic carbocycles. The van der Waals surface area contributed by atoms with Gasteiger partial charge in [-0.25, -0.2) is 4.92 Å². The molecule has 2 aromatic rings. The van der Waals surface area contributed by atoms with E-state index in [1.807, 2.05) is 74.2 Å². The second-order valence-corrected chi connectivity index (χ2v) is 5.52. The third-order valence-corrected chi connectivity index (χ3v) is 4.54. The molecule has 9 heteroatoms. The van der Waals surface area contributed by atoms with Crippen molar-refractivity contribution in [3.63, 3.8) is 0 Å². The van der Waals surface area contributed by atoms with Gasteiger partial charge in [0.15, 0.2) is 0 Å². The van der Waals surface area contributed by atoms with Gasteiger partial charge >= 0.3 is 7.12 Å². The molecule has 1 aliphatic heterocycles. The van der Waals surface area contributed by atoms with Crippen LogP contribution in [0, 0.1) is 9.54 Å². The maximum absolute atomic E-state index is 5.48. The van der Waals surface area contributed by atoms with Crippen molar-refractivity contribution in [1.29, 1.82) is 0 Å². The number of hydrogen-bond acceptors (Lipinski definition) is 4. The van der Waals surface area contributed by atoms with Crippen LogP contribution in [-0.2, 0) is 14.1 Å². The van der Waals surface area contributed by atoms with Crippen LogP contribution in [0.25, 0.3) is 0 Å². The van der Waals surface area contributed by atoms with Crippen molar-refractivity contribution < 1.29 is 0 Å². The zero-order valence-corrected chi connectivity index (χ0v) is 12.9. The average Bonchev–Trinajstić information content (AvgIpc) is 3.13. The van der Waals surface area contributed by atoms with Crippen LogP contribution >= 0.6 is 24.4 Å². The number of aryl methyl sites for hydroxylation is 2. The van der Waals surface area contributed by atoms with Gasteiger partial charge < -0.3 is 18.1 Å². The Morgan fingerprint density at radius 1 is 0.950 bits per heavy atom. The minimum absolute atomic E-state index is 0.742. The predicted molar refractivity (Wildman–Crippen MR) is 85.6 cm³/mol. The molecule has 3 rings (SSSR count). The fourth-order valence-electron chi connectivity index (χ4n) is 2.40. The van der Waals surface area contributed by atoms with Gasteiger partial charge in [0.25, 0.3) is 6.21 Å². The molecule has 0 atom stereocenters. The van der Waals surface area contributed by atoms with E-state index in [4.69, 9.17) is 24.4 Å². The first kappa shape index (κ1) is 13.1. The van der Waals surface area contributed by atoms with E-state index >= 15 is 0 Å². The number of rotatable bonds is 3. The van der Waals surface area contributed by atoms with Gasteiger partial charge in [-0.2, -0.15) is 0 Å². The minimum Gasteiger partial charge on any atom is -0.460 e. The van der Waals surface area contributed by atoms with Crippen LogP contribution in [0.2, 0.25) is 0 Å². The van der Waals surface area contributed by atoms with Crippen LogP contribution in [0.3, 0.4) is 0 Å². The molecule has 3 heterocycles. The summed E-state index contributed by atoms with van der Waals surface area (Å²) in [6, 6.07) is 0. The Balaban J connectivity index is 2.19. The van der Waals surface area contributed by atoms with Gasteiger partial charge in [0.1, 0.15) is 14.6 Å². The molecule has 0 spiro atoms. The number of imidazole rings is 2. The second-order valence-electron chi connectivity index (χ2n) is 4.79. The molecule has 0 aromatic carbocycles. The van der Waals surface area contributed by atoms with Crippen molar-refractivity contribution in [2.75, 3.05) is 0 Å². The molecule has 0 saturated carbocycles. The second kappa shape index (κ2) is 4.91. The lowest BCUT2D eigenvalue weighted by Gasteiger charge is -2.28. The third kappa shape index (κ3) is 1.99. The van der Waals surface area contributed by atoms with Gasteiger partial charge in [-0.05, 0) is 36.8 Å². The summed E-state index contributed by atoms with van der Waals surface area (Å²) in [7, 11) is 2.62. The van der Waals surface area contributed by atoms with E-state index in [9.17, 15) is 0 Å². The van der Waals surface area contributed by atoms with Crippen molar-refractivity contribution >= 4 is 37.8 Å². The van der Waals surface area contributed by atoms with Crippen molar-refractivity contribution in [3.05, 3.63) is 46.6 Å². The van der Waals surface area contributed by atoms with Gasteiger partial charge in [0.05, 0.1) is 0 Å². The van der Waals surface area contributed by atoms with Crippen LogP contribution in [0.4, 0.5) is 0 Å². The highest BCUT2D eigenvalue weighted by Crippen LogP contribution is 2.08. The van der Waals surface area contributed by atoms with Gasteiger partial charge in [0, 0.05) is 38.8 Å². The van der Waals surface area contributed by atoms with Crippen molar-refractivity contribution in [2.24, 2.45) is 14.1 Å². The highest BCUT2D eigenvalue weighted by Gasteiger charge is 2.24. The summed E-state index contributed by atoms with van der Waals surface area (Å²) in [5, 5.41) is 4.37. The van der Waals surface area contributed by atoms with E-state index in [0.29, 0.717) is 0 Å². The summed E-state index contributed by atoms with van der Waals surface area (Å²) in [5.74, 6) is 0. The molecule has 6 nitrogen and oxygen atoms in total. The van der Waals surface area contributed by atoms with Crippen LogP contribution in [0.1, 0.15) is 0 Å². The lowest BCUT2D eigenvalue weighted by molar-refractivity contribution is 0.534. The first-order valence-corrected chi connectivity index (χ1v) is 7.04. The predicted octanol–water partition coefficient (Wildman–Crippen LogP) is 0.690. The van der Waals surface area contributed by atoms with E-state index in [1.54, 1.807) is 6.21 Å². The number of nitrogens with zero attached hydrogens (tertiary/aromatic N) is 6. The fraction of sp³-hybridized carbons (Fsp3) is 0.182. The molecule has 1 aliphatic rings. The van der Waals surface area contributed by atoms with Gasteiger partial charge in [-0.15, -0.1) is 0 Å². The summed E-state index contributed by atoms with van der Waals surface area (Å²) in [4.78, 5) is 1.91. The molecule has 0 N–H and O–H groups in total. The molecule has 20 heavy (non-hydrogen) atoms. The summed E-state index contributed by atoms with van der Waals surface area (Å²) in [6.45, 7) is 0. The molecule has 0 bridgehead atoms. The summed E-state index contributed by atoms with van der Waals surface area (Å²) >= 11 is 11.0. The maximum Gasteiger partial charge on any atom is 0.347 e. The zero-order valence-electron chi connectivity index (χ0n) is 11.2. The SMILES string of the molecule is Cn1ccn([BH-](N2C=CC=[N+]2)n2ccn(C)c2=S)c1=S. The Hall–Kier alpha value is -1.87. The molecule has 2 aromatic heterocycles. The topological polar surface area (TPSA) is 37.1 Å². The Bertz CT molecular complexity index is 741. The van der Waals surface area contributed by atoms with E-state index < -0.39 is 7.12 Å².